The van der Waals surface area contributed by atoms with E-state index in [2.05, 4.69) is 38.1 Å². The van der Waals surface area contributed by atoms with Crippen LogP contribution in [0.5, 0.6) is 0 Å². The monoisotopic (exact) mass is 295 g/mol. The van der Waals surface area contributed by atoms with Crippen LogP contribution in [0.3, 0.4) is 0 Å². The largest absolute Gasteiger partial charge is 0.198 e. The predicted octanol–water partition coefficient (Wildman–Crippen LogP) is 5.65. The van der Waals surface area contributed by atoms with Gasteiger partial charge in [-0.1, -0.05) is 32.1 Å². The first-order chi connectivity index (χ1) is 10.7. The third-order valence-electron chi connectivity index (χ3n) is 8.18. The zero-order chi connectivity index (χ0) is 15.4. The standard InChI is InChI=1S/C21H29N/c1-3-21-13-11-18-17(19(21)10-8-16(21)14-22)9-7-15-6-4-5-12-20(15,18)2/h4,6-7,16-19H,3,5,8-13H2,1-2H3/t16-,17-,18+,19+,20+,21-/m1/s1. The molecule has 0 saturated heterocycles. The average Bonchev–Trinajstić information content (AvgIpc) is 2.93. The number of fused-ring (bicyclic) bond motifs is 5. The molecule has 2 saturated carbocycles. The summed E-state index contributed by atoms with van der Waals surface area (Å²) in [6, 6.07) is 2.69. The smallest absolute Gasteiger partial charge is 0.0661 e. The van der Waals surface area contributed by atoms with Crippen LogP contribution in [-0.4, -0.2) is 0 Å². The third-order valence-corrected chi connectivity index (χ3v) is 8.18. The quantitative estimate of drug-likeness (QED) is 0.613. The summed E-state index contributed by atoms with van der Waals surface area (Å²) in [6.07, 6.45) is 17.5. The molecule has 6 atom stereocenters. The van der Waals surface area contributed by atoms with Gasteiger partial charge in [-0.2, -0.15) is 5.26 Å². The summed E-state index contributed by atoms with van der Waals surface area (Å²) in [5.74, 6) is 2.83. The lowest BCUT2D eigenvalue weighted by molar-refractivity contribution is -0.0394. The van der Waals surface area contributed by atoms with Gasteiger partial charge in [0, 0.05) is 0 Å². The van der Waals surface area contributed by atoms with Gasteiger partial charge in [0.25, 0.3) is 0 Å². The Hall–Kier alpha value is -1.03. The van der Waals surface area contributed by atoms with Gasteiger partial charge in [0.05, 0.1) is 12.0 Å². The number of hydrogen-bond acceptors (Lipinski definition) is 1. The van der Waals surface area contributed by atoms with E-state index in [0.717, 1.165) is 24.2 Å². The van der Waals surface area contributed by atoms with Gasteiger partial charge >= 0.3 is 0 Å². The minimum absolute atomic E-state index is 0.327. The van der Waals surface area contributed by atoms with E-state index in [1.807, 2.05) is 0 Å². The highest BCUT2D eigenvalue weighted by atomic mass is 14.6. The Bertz CT molecular complexity index is 565. The lowest BCUT2D eigenvalue weighted by atomic mass is 9.47. The molecular weight excluding hydrogens is 266 g/mol. The van der Waals surface area contributed by atoms with E-state index in [-0.39, 0.29) is 0 Å². The van der Waals surface area contributed by atoms with Crippen LogP contribution in [0.4, 0.5) is 0 Å². The number of hydrogen-bond donors (Lipinski definition) is 0. The van der Waals surface area contributed by atoms with Crippen LogP contribution in [0.1, 0.15) is 65.2 Å². The summed E-state index contributed by atoms with van der Waals surface area (Å²) < 4.78 is 0. The Balaban J connectivity index is 1.72. The third kappa shape index (κ3) is 1.70. The van der Waals surface area contributed by atoms with Gasteiger partial charge in [0.15, 0.2) is 0 Å². The van der Waals surface area contributed by atoms with Crippen molar-refractivity contribution < 1.29 is 0 Å². The van der Waals surface area contributed by atoms with Crippen LogP contribution < -0.4 is 0 Å². The van der Waals surface area contributed by atoms with Crippen molar-refractivity contribution in [1.82, 2.24) is 0 Å². The molecular formula is C21H29N. The summed E-state index contributed by atoms with van der Waals surface area (Å²) in [6.45, 7) is 4.88. The van der Waals surface area contributed by atoms with Crippen LogP contribution in [0.15, 0.2) is 23.8 Å². The molecule has 0 radical (unpaired) electrons. The van der Waals surface area contributed by atoms with Crippen LogP contribution in [0.2, 0.25) is 0 Å². The van der Waals surface area contributed by atoms with Crippen molar-refractivity contribution in [2.75, 3.05) is 0 Å². The summed E-state index contributed by atoms with van der Waals surface area (Å²) in [5, 5.41) is 9.66. The summed E-state index contributed by atoms with van der Waals surface area (Å²) in [4.78, 5) is 0. The normalized spacial score (nSPS) is 49.6. The minimum atomic E-state index is 0.327. The first-order valence-corrected chi connectivity index (χ1v) is 9.42. The lowest BCUT2D eigenvalue weighted by Crippen LogP contribution is -2.49. The molecule has 4 aliphatic rings. The molecule has 0 bridgehead atoms. The zero-order valence-electron chi connectivity index (χ0n) is 14.1. The molecule has 0 aromatic rings. The van der Waals surface area contributed by atoms with Crippen LogP contribution in [0.25, 0.3) is 0 Å². The van der Waals surface area contributed by atoms with Gasteiger partial charge in [-0.25, -0.2) is 0 Å². The first-order valence-electron chi connectivity index (χ1n) is 9.42. The maximum Gasteiger partial charge on any atom is 0.0661 e. The summed E-state index contributed by atoms with van der Waals surface area (Å²) in [5.41, 5.74) is 2.39. The number of allylic oxidation sites excluding steroid dienone is 4. The molecule has 0 N–H and O–H groups in total. The van der Waals surface area contributed by atoms with Crippen molar-refractivity contribution in [2.24, 2.45) is 34.5 Å². The molecule has 0 spiro atoms. The Morgan fingerprint density at radius 3 is 2.86 bits per heavy atom. The molecule has 118 valence electrons. The zero-order valence-corrected chi connectivity index (χ0v) is 14.1. The van der Waals surface area contributed by atoms with E-state index < -0.39 is 0 Å². The molecule has 0 aromatic carbocycles. The Kier molecular flexibility index (Phi) is 3.30. The maximum atomic E-state index is 9.66. The van der Waals surface area contributed by atoms with Gasteiger partial charge < -0.3 is 0 Å². The minimum Gasteiger partial charge on any atom is -0.198 e. The van der Waals surface area contributed by atoms with Gasteiger partial charge in [-0.15, -0.1) is 0 Å². The summed E-state index contributed by atoms with van der Waals surface area (Å²) in [7, 11) is 0. The molecule has 0 heterocycles. The molecule has 1 heteroatoms. The maximum absolute atomic E-state index is 9.66. The molecule has 2 fully saturated rings. The first kappa shape index (κ1) is 14.6. The number of nitrogens with zero attached hydrogens (tertiary/aromatic N) is 1. The molecule has 4 rings (SSSR count). The Labute approximate surface area is 135 Å². The fourth-order valence-corrected chi connectivity index (χ4v) is 6.99. The Morgan fingerprint density at radius 2 is 2.09 bits per heavy atom. The fraction of sp³-hybridized carbons (Fsp3) is 0.762. The number of nitriles is 1. The van der Waals surface area contributed by atoms with Gasteiger partial charge in [0.1, 0.15) is 0 Å². The van der Waals surface area contributed by atoms with Crippen molar-refractivity contribution in [3.05, 3.63) is 23.8 Å². The average molecular weight is 295 g/mol. The van der Waals surface area contributed by atoms with Crippen LogP contribution in [0, 0.1) is 45.8 Å². The van der Waals surface area contributed by atoms with Gasteiger partial charge in [-0.3, -0.25) is 0 Å². The molecule has 22 heavy (non-hydrogen) atoms. The van der Waals surface area contributed by atoms with E-state index in [9.17, 15) is 5.26 Å². The second-order valence-corrected chi connectivity index (χ2v) is 8.51. The predicted molar refractivity (Wildman–Crippen MR) is 89.9 cm³/mol. The van der Waals surface area contributed by atoms with E-state index in [1.165, 1.54) is 44.9 Å². The molecule has 4 aliphatic carbocycles. The second kappa shape index (κ2) is 4.98. The van der Waals surface area contributed by atoms with Crippen molar-refractivity contribution in [2.45, 2.75) is 65.2 Å². The molecule has 0 unspecified atom stereocenters. The van der Waals surface area contributed by atoms with Crippen molar-refractivity contribution in [3.63, 3.8) is 0 Å². The van der Waals surface area contributed by atoms with E-state index in [1.54, 1.807) is 5.57 Å². The summed E-state index contributed by atoms with van der Waals surface area (Å²) >= 11 is 0. The Morgan fingerprint density at radius 1 is 1.23 bits per heavy atom. The van der Waals surface area contributed by atoms with Gasteiger partial charge in [0.2, 0.25) is 0 Å². The molecule has 0 amide bonds. The highest BCUT2D eigenvalue weighted by Crippen LogP contribution is 2.66. The van der Waals surface area contributed by atoms with E-state index >= 15 is 0 Å². The molecule has 1 nitrogen and oxygen atoms in total. The van der Waals surface area contributed by atoms with E-state index in [0.29, 0.717) is 16.7 Å². The van der Waals surface area contributed by atoms with Crippen LogP contribution in [-0.2, 0) is 0 Å². The fourth-order valence-electron chi connectivity index (χ4n) is 6.99. The van der Waals surface area contributed by atoms with Crippen molar-refractivity contribution in [3.8, 4) is 6.07 Å². The van der Waals surface area contributed by atoms with Crippen LogP contribution >= 0.6 is 0 Å². The molecule has 0 aromatic heterocycles. The van der Waals surface area contributed by atoms with Gasteiger partial charge in [-0.05, 0) is 85.5 Å². The van der Waals surface area contributed by atoms with E-state index in [4.69, 9.17) is 0 Å². The highest BCUT2D eigenvalue weighted by molar-refractivity contribution is 5.34. The van der Waals surface area contributed by atoms with Crippen molar-refractivity contribution in [1.29, 1.82) is 5.26 Å². The SMILES string of the molecule is CC[C@]12CC[C@H]3[C@@H](CC=C4C=CCC[C@@]43C)[C@@H]1CC[C@@H]2C#N. The second-order valence-electron chi connectivity index (χ2n) is 8.51. The van der Waals surface area contributed by atoms with Crippen molar-refractivity contribution >= 4 is 0 Å². The molecule has 0 aliphatic heterocycles. The number of rotatable bonds is 1. The topological polar surface area (TPSA) is 23.8 Å². The lowest BCUT2D eigenvalue weighted by Gasteiger charge is -2.57. The highest BCUT2D eigenvalue weighted by Gasteiger charge is 2.59.